The average Bonchev–Trinajstić information content (AvgIpc) is 0.747. The Morgan fingerprint density at radius 1 is 0.106 bits per heavy atom. The summed E-state index contributed by atoms with van der Waals surface area (Å²) in [4.78, 5) is 29.0. The molecule has 0 radical (unpaired) electrons. The molecular weight excluding hydrogens is 1600 g/mol. The number of hydrogen-bond acceptors (Lipinski definition) is 6. The number of benzene rings is 22. The van der Waals surface area contributed by atoms with Gasteiger partial charge in [-0.05, 0) is 224 Å². The zero-order valence-corrected chi connectivity index (χ0v) is 72.0. The van der Waals surface area contributed by atoms with Crippen LogP contribution < -0.4 is 0 Å². The van der Waals surface area contributed by atoms with E-state index in [0.29, 0.717) is 17.5 Å². The van der Waals surface area contributed by atoms with E-state index >= 15 is 0 Å². The predicted octanol–water partition coefficient (Wildman–Crippen LogP) is 33.5. The van der Waals surface area contributed by atoms with Gasteiger partial charge in [0, 0.05) is 38.9 Å². The van der Waals surface area contributed by atoms with Crippen LogP contribution in [0.25, 0.3) is 243 Å². The second-order valence-electron chi connectivity index (χ2n) is 33.5. The lowest BCUT2D eigenvalue weighted by atomic mass is 9.91. The summed E-state index contributed by atoms with van der Waals surface area (Å²) in [5, 5.41) is 23.1. The highest BCUT2D eigenvalue weighted by molar-refractivity contribution is 6.28. The number of aromatic nitrogens is 6. The molecule has 0 aliphatic heterocycles. The van der Waals surface area contributed by atoms with Gasteiger partial charge in [-0.15, -0.1) is 0 Å². The predicted molar refractivity (Wildman–Crippen MR) is 554 cm³/mol. The van der Waals surface area contributed by atoms with Crippen molar-refractivity contribution in [3.8, 4) is 146 Å². The highest BCUT2D eigenvalue weighted by atomic mass is 15.0. The lowest BCUT2D eigenvalue weighted by Gasteiger charge is -2.14. The number of hydrogen-bond donors (Lipinski definition) is 0. The number of fused-ring (bicyclic) bond motifs is 18. The molecule has 0 aliphatic carbocycles. The molecule has 6 nitrogen and oxygen atoms in total. The molecule has 0 fully saturated rings. The molecule has 25 aromatic rings. The van der Waals surface area contributed by atoms with Crippen molar-refractivity contribution < 1.29 is 0 Å². The minimum atomic E-state index is 0.669. The van der Waals surface area contributed by atoms with Gasteiger partial charge in [0.1, 0.15) is 6.33 Å². The Kier molecular flexibility index (Phi) is 21.0. The van der Waals surface area contributed by atoms with Crippen LogP contribution in [0.2, 0.25) is 0 Å². The molecule has 0 aliphatic rings. The van der Waals surface area contributed by atoms with Gasteiger partial charge in [-0.25, -0.2) is 29.9 Å². The Hall–Kier alpha value is -17.6. The Balaban J connectivity index is 0.000000114. The van der Waals surface area contributed by atoms with Crippen molar-refractivity contribution >= 4 is 97.0 Å². The zero-order chi connectivity index (χ0) is 87.6. The molecule has 22 aromatic carbocycles. The molecule has 616 valence electrons. The smallest absolute Gasteiger partial charge is 0.163 e. The summed E-state index contributed by atoms with van der Waals surface area (Å²) in [6.45, 7) is 0. The summed E-state index contributed by atoms with van der Waals surface area (Å²) in [5.41, 5.74) is 25.1. The van der Waals surface area contributed by atoms with E-state index in [9.17, 15) is 0 Å². The highest BCUT2D eigenvalue weighted by Gasteiger charge is 2.20. The Morgan fingerprint density at radius 2 is 0.341 bits per heavy atom. The fraction of sp³-hybridized carbons (Fsp3) is 0. The number of rotatable bonds is 13. The molecule has 0 spiro atoms. The fourth-order valence-electron chi connectivity index (χ4n) is 19.1. The molecule has 132 heavy (non-hydrogen) atoms. The van der Waals surface area contributed by atoms with Crippen molar-refractivity contribution in [2.45, 2.75) is 0 Å². The minimum absolute atomic E-state index is 0.669. The summed E-state index contributed by atoms with van der Waals surface area (Å²) in [7, 11) is 0. The SMILES string of the molecule is c1ccc(-c2cc(-c3cccc(-c4cccc(-c5ccc6c7ccccc7c7ccccc7c6c5)c4)c3)cc(-c3ccccc3)n2)cc1.c1ccc(-c2cc(-c3ccccc3)nc(-c3cccc(-c4cccc(-c5ccc6c7ccccc7c7ccccc7c6c5)c4)c3)n2)cc1.c1ccc(-c2ncnc(-c3ccccc3-c3ccc4c5ccccc5c5ccccc5c4c3)n2)cc1. The molecule has 0 amide bonds. The first-order chi connectivity index (χ1) is 65.4. The standard InChI is InChI=1S/C47H31N.C46H30N2.C33H21N3/c1-3-13-32(14-4-1)46-30-39(31-47(48-46)33-15-5-2-6-16-33)37-20-12-18-35(28-37)34-17-11-19-36(27-34)38-25-26-44-42-23-8-7-21-40(42)41-22-9-10-24-43(41)45(44)29-38;1-3-13-31(14-4-1)44-30-45(32-15-5-2-6-16-32)48-46(47-44)37-20-12-19-35(28-37)33-17-11-18-34(27-33)36-25-26-42-40-23-8-7-21-38(40)39-22-9-10-24-41(39)43(42)29-36;1-2-10-22(11-3-1)32-34-21-35-33(36-32)30-17-9-4-12-24(30)23-18-19-29-27-15-6-5-13-25(27)26-14-7-8-16-28(26)31(29)20-23/h1-31H;1-30H;1-21H. The van der Waals surface area contributed by atoms with Gasteiger partial charge in [0.15, 0.2) is 17.5 Å². The maximum atomic E-state index is 5.08. The molecular formula is C126H82N6. The van der Waals surface area contributed by atoms with Gasteiger partial charge < -0.3 is 0 Å². The molecule has 0 N–H and O–H groups in total. The largest absolute Gasteiger partial charge is 0.248 e. The fourth-order valence-corrected chi connectivity index (χ4v) is 19.1. The summed E-state index contributed by atoms with van der Waals surface area (Å²) in [6.07, 6.45) is 1.60. The van der Waals surface area contributed by atoms with E-state index in [1.807, 2.05) is 84.9 Å². The quantitative estimate of drug-likeness (QED) is 0.107. The monoisotopic (exact) mass is 1680 g/mol. The third-order valence-electron chi connectivity index (χ3n) is 25.5. The van der Waals surface area contributed by atoms with E-state index in [-0.39, 0.29) is 0 Å². The number of nitrogens with zero attached hydrogens (tertiary/aromatic N) is 6. The summed E-state index contributed by atoms with van der Waals surface area (Å²) < 4.78 is 0. The van der Waals surface area contributed by atoms with Gasteiger partial charge in [-0.3, -0.25) is 0 Å². The molecule has 0 saturated carbocycles. The Morgan fingerprint density at radius 3 is 0.689 bits per heavy atom. The molecule has 25 rings (SSSR count). The van der Waals surface area contributed by atoms with E-state index in [4.69, 9.17) is 19.9 Å². The van der Waals surface area contributed by atoms with E-state index in [1.165, 1.54) is 136 Å². The van der Waals surface area contributed by atoms with Crippen molar-refractivity contribution in [3.63, 3.8) is 0 Å². The zero-order valence-electron chi connectivity index (χ0n) is 72.0. The second kappa shape index (κ2) is 35.0. The molecule has 3 heterocycles. The first-order valence-electron chi connectivity index (χ1n) is 44.8. The van der Waals surface area contributed by atoms with E-state index in [0.717, 1.165) is 89.5 Å². The van der Waals surface area contributed by atoms with Crippen molar-refractivity contribution in [3.05, 3.63) is 498 Å². The van der Waals surface area contributed by atoms with Crippen LogP contribution in [-0.4, -0.2) is 29.9 Å². The van der Waals surface area contributed by atoms with Crippen molar-refractivity contribution in [1.82, 2.24) is 29.9 Å². The van der Waals surface area contributed by atoms with Crippen LogP contribution in [0.4, 0.5) is 0 Å². The molecule has 0 atom stereocenters. The topological polar surface area (TPSA) is 77.3 Å². The molecule has 0 unspecified atom stereocenters. The van der Waals surface area contributed by atoms with Gasteiger partial charge >= 0.3 is 0 Å². The van der Waals surface area contributed by atoms with Gasteiger partial charge in [-0.1, -0.05) is 431 Å². The maximum absolute atomic E-state index is 5.08. The molecule has 6 heteroatoms. The molecule has 3 aromatic heterocycles. The minimum Gasteiger partial charge on any atom is -0.248 e. The van der Waals surface area contributed by atoms with Crippen LogP contribution in [-0.2, 0) is 0 Å². The molecule has 0 bridgehead atoms. The first kappa shape index (κ1) is 79.1. The van der Waals surface area contributed by atoms with Gasteiger partial charge in [0.05, 0.1) is 22.8 Å². The van der Waals surface area contributed by atoms with E-state index < -0.39 is 0 Å². The normalized spacial score (nSPS) is 11.3. The Bertz CT molecular complexity index is 8110. The van der Waals surface area contributed by atoms with Gasteiger partial charge in [-0.2, -0.15) is 0 Å². The van der Waals surface area contributed by atoms with E-state index in [1.54, 1.807) is 6.33 Å². The van der Waals surface area contributed by atoms with Crippen LogP contribution in [0.1, 0.15) is 0 Å². The second-order valence-corrected chi connectivity index (χ2v) is 33.5. The average molecular weight is 1680 g/mol. The third kappa shape index (κ3) is 15.5. The van der Waals surface area contributed by atoms with Gasteiger partial charge in [0.25, 0.3) is 0 Å². The lowest BCUT2D eigenvalue weighted by molar-refractivity contribution is 1.07. The first-order valence-corrected chi connectivity index (χ1v) is 44.8. The number of pyridine rings is 1. The summed E-state index contributed by atoms with van der Waals surface area (Å²) >= 11 is 0. The van der Waals surface area contributed by atoms with Crippen LogP contribution >= 0.6 is 0 Å². The van der Waals surface area contributed by atoms with Crippen LogP contribution in [0, 0.1) is 0 Å². The van der Waals surface area contributed by atoms with E-state index in [2.05, 4.69) is 416 Å². The lowest BCUT2D eigenvalue weighted by Crippen LogP contribution is -1.96. The van der Waals surface area contributed by atoms with Crippen LogP contribution in [0.5, 0.6) is 0 Å². The van der Waals surface area contributed by atoms with Crippen LogP contribution in [0.15, 0.2) is 498 Å². The highest BCUT2D eigenvalue weighted by Crippen LogP contribution is 2.45. The third-order valence-corrected chi connectivity index (χ3v) is 25.5. The Labute approximate surface area is 765 Å². The summed E-state index contributed by atoms with van der Waals surface area (Å²) in [6, 6.07) is 175. The summed E-state index contributed by atoms with van der Waals surface area (Å²) in [5.74, 6) is 2.05. The van der Waals surface area contributed by atoms with Crippen LogP contribution in [0.3, 0.4) is 0 Å². The maximum Gasteiger partial charge on any atom is 0.163 e. The molecule has 0 saturated heterocycles. The van der Waals surface area contributed by atoms with Crippen molar-refractivity contribution in [1.29, 1.82) is 0 Å². The van der Waals surface area contributed by atoms with Crippen molar-refractivity contribution in [2.75, 3.05) is 0 Å². The van der Waals surface area contributed by atoms with Crippen molar-refractivity contribution in [2.24, 2.45) is 0 Å². The van der Waals surface area contributed by atoms with Gasteiger partial charge in [0.2, 0.25) is 0 Å².